The summed E-state index contributed by atoms with van der Waals surface area (Å²) in [6, 6.07) is 0.532. The maximum atomic E-state index is 11.2. The van der Waals surface area contributed by atoms with E-state index < -0.39 is 15.5 Å². The maximum absolute atomic E-state index is 11.2. The number of sulfonamides is 1. The third-order valence-corrected chi connectivity index (χ3v) is 1.36. The van der Waals surface area contributed by atoms with Crippen molar-refractivity contribution in [2.75, 3.05) is 0 Å². The molecule has 0 aliphatic rings. The van der Waals surface area contributed by atoms with E-state index in [1.165, 1.54) is 0 Å². The molecule has 0 heterocycles. The third-order valence-electron chi connectivity index (χ3n) is 0.453. The molecule has 4 nitrogen and oxygen atoms in total. The van der Waals surface area contributed by atoms with Gasteiger partial charge < -0.3 is 9.81 Å². The Bertz CT molecular complexity index is 259. The predicted molar refractivity (Wildman–Crippen MR) is 25.8 cm³/mol. The minimum atomic E-state index is -5.58. The highest BCUT2D eigenvalue weighted by Crippen LogP contribution is 2.23. The van der Waals surface area contributed by atoms with Crippen LogP contribution in [0.4, 0.5) is 13.2 Å². The molecule has 0 spiro atoms. The van der Waals surface area contributed by atoms with Crippen molar-refractivity contribution in [2.24, 2.45) is 4.40 Å². The Labute approximate surface area is 53.9 Å². The average Bonchev–Trinajstić information content (AvgIpc) is 1.61. The van der Waals surface area contributed by atoms with E-state index in [0.29, 0.717) is 6.01 Å². The van der Waals surface area contributed by atoms with Gasteiger partial charge in [0, 0.05) is 0 Å². The summed E-state index contributed by atoms with van der Waals surface area (Å²) in [5.74, 6) is 0. The summed E-state index contributed by atoms with van der Waals surface area (Å²) in [4.78, 5) is 0. The average molecular weight is 173 g/mol. The van der Waals surface area contributed by atoms with Gasteiger partial charge in [-0.25, -0.2) is 8.42 Å². The molecule has 0 saturated heterocycles. The quantitative estimate of drug-likeness (QED) is 0.544. The van der Waals surface area contributed by atoms with Gasteiger partial charge in [0.1, 0.15) is 0 Å². The van der Waals surface area contributed by atoms with Crippen molar-refractivity contribution in [3.05, 3.63) is 5.41 Å². The second-order valence-electron chi connectivity index (χ2n) is 1.11. The van der Waals surface area contributed by atoms with Crippen molar-refractivity contribution in [2.45, 2.75) is 5.51 Å². The molecule has 0 rings (SSSR count). The van der Waals surface area contributed by atoms with Gasteiger partial charge in [-0.3, -0.25) is 0 Å². The normalized spacial score (nSPS) is 12.3. The van der Waals surface area contributed by atoms with Crippen LogP contribution in [0.1, 0.15) is 0 Å². The molecule has 0 amide bonds. The number of rotatable bonds is 1. The Kier molecular flexibility index (Phi) is 2.18. The maximum Gasteiger partial charge on any atom is 0.500 e. The van der Waals surface area contributed by atoms with Gasteiger partial charge in [-0.05, 0) is 0 Å². The van der Waals surface area contributed by atoms with Gasteiger partial charge in [-0.1, -0.05) is 0 Å². The van der Waals surface area contributed by atoms with E-state index in [9.17, 15) is 21.6 Å². The zero-order valence-corrected chi connectivity index (χ0v) is 5.07. The largest absolute Gasteiger partial charge is 0.500 e. The van der Waals surface area contributed by atoms with Crippen LogP contribution >= 0.6 is 0 Å². The van der Waals surface area contributed by atoms with Crippen LogP contribution in [-0.4, -0.2) is 19.9 Å². The summed E-state index contributed by atoms with van der Waals surface area (Å²) in [6.07, 6.45) is 0. The first-order chi connectivity index (χ1) is 4.31. The van der Waals surface area contributed by atoms with Crippen molar-refractivity contribution >= 4 is 16.0 Å². The Hall–Kier alpha value is -0.880. The molecular weight excluding hydrogens is 173 g/mol. The molecule has 58 valence electrons. The van der Waals surface area contributed by atoms with Gasteiger partial charge in [0.25, 0.3) is 10.0 Å². The molecule has 0 bridgehead atoms. The molecule has 0 aromatic heterocycles. The zero-order valence-electron chi connectivity index (χ0n) is 4.25. The van der Waals surface area contributed by atoms with Gasteiger partial charge >= 0.3 is 5.51 Å². The monoisotopic (exact) mass is 173 g/mol. The van der Waals surface area contributed by atoms with Gasteiger partial charge in [0.2, 0.25) is 0 Å². The highest BCUT2D eigenvalue weighted by atomic mass is 32.2. The molecule has 0 aromatic carbocycles. The summed E-state index contributed by atoms with van der Waals surface area (Å²) >= 11 is 0. The fraction of sp³-hybridized carbons (Fsp3) is 0.500. The highest BCUT2D eigenvalue weighted by molar-refractivity contribution is 7.91. The summed E-state index contributed by atoms with van der Waals surface area (Å²) in [5, 5.41) is 7.47. The lowest BCUT2D eigenvalue weighted by atomic mass is 11.6. The Morgan fingerprint density at radius 2 is 1.80 bits per heavy atom. The van der Waals surface area contributed by atoms with Crippen LogP contribution in [0.3, 0.4) is 0 Å². The highest BCUT2D eigenvalue weighted by Gasteiger charge is 2.41. The number of hydrogen-bond acceptors (Lipinski definition) is 2. The van der Waals surface area contributed by atoms with Crippen molar-refractivity contribution in [3.8, 4) is 0 Å². The van der Waals surface area contributed by atoms with Crippen molar-refractivity contribution < 1.29 is 21.6 Å². The topological polar surface area (TPSA) is 68.8 Å². The molecule has 0 aromatic rings. The third kappa shape index (κ3) is 1.82. The number of alkyl halides is 3. The van der Waals surface area contributed by atoms with E-state index >= 15 is 0 Å². The lowest BCUT2D eigenvalue weighted by Gasteiger charge is -2.04. The second kappa shape index (κ2) is 2.39. The molecular formula is C2F3N2O2S-. The molecule has 0 aliphatic carbocycles. The first kappa shape index (κ1) is 9.12. The first-order valence-electron chi connectivity index (χ1n) is 1.73. The van der Waals surface area contributed by atoms with Gasteiger partial charge in [0.15, 0.2) is 0 Å². The summed E-state index contributed by atoms with van der Waals surface area (Å²) in [5.41, 5.74) is -5.47. The van der Waals surface area contributed by atoms with Gasteiger partial charge in [-0.15, -0.1) is 6.01 Å². The van der Waals surface area contributed by atoms with Crippen LogP contribution in [0.5, 0.6) is 0 Å². The molecule has 10 heavy (non-hydrogen) atoms. The molecule has 8 heteroatoms. The van der Waals surface area contributed by atoms with Crippen LogP contribution in [0, 0.1) is 0 Å². The van der Waals surface area contributed by atoms with Crippen LogP contribution < -0.4 is 0 Å². The Balaban J connectivity index is 4.97. The predicted octanol–water partition coefficient (Wildman–Crippen LogP) is 0.579. The SMILES string of the molecule is [N-]=C=NS(=O)(=O)C(F)(F)F. The van der Waals surface area contributed by atoms with Gasteiger partial charge in [0.05, 0.1) is 0 Å². The van der Waals surface area contributed by atoms with E-state index in [1.54, 1.807) is 4.40 Å². The van der Waals surface area contributed by atoms with Crippen LogP contribution in [0.25, 0.3) is 5.41 Å². The van der Waals surface area contributed by atoms with E-state index in [0.717, 1.165) is 0 Å². The fourth-order valence-corrected chi connectivity index (χ4v) is 0.317. The number of hydrogen-bond donors (Lipinski definition) is 0. The Morgan fingerprint density at radius 1 is 1.40 bits per heavy atom. The summed E-state index contributed by atoms with van der Waals surface area (Å²) < 4.78 is 54.7. The zero-order chi connectivity index (χ0) is 8.41. The lowest BCUT2D eigenvalue weighted by molar-refractivity contribution is -0.0434. The van der Waals surface area contributed by atoms with Crippen molar-refractivity contribution in [3.63, 3.8) is 0 Å². The van der Waals surface area contributed by atoms with Crippen molar-refractivity contribution in [1.29, 1.82) is 0 Å². The molecule has 0 aliphatic heterocycles. The van der Waals surface area contributed by atoms with E-state index in [1.807, 2.05) is 0 Å². The minimum Gasteiger partial charge on any atom is -0.422 e. The Morgan fingerprint density at radius 3 is 1.90 bits per heavy atom. The van der Waals surface area contributed by atoms with E-state index in [2.05, 4.69) is 0 Å². The van der Waals surface area contributed by atoms with Crippen LogP contribution in [0.15, 0.2) is 4.40 Å². The second-order valence-corrected chi connectivity index (χ2v) is 2.71. The fourth-order valence-electron chi connectivity index (χ4n) is 0.106. The van der Waals surface area contributed by atoms with Crippen molar-refractivity contribution in [1.82, 2.24) is 0 Å². The molecule has 0 saturated carbocycles. The minimum absolute atomic E-state index is 0.532. The smallest absolute Gasteiger partial charge is 0.422 e. The molecule has 0 atom stereocenters. The summed E-state index contributed by atoms with van der Waals surface area (Å²) in [6.45, 7) is 0. The van der Waals surface area contributed by atoms with Gasteiger partial charge in [-0.2, -0.15) is 13.2 Å². The van der Waals surface area contributed by atoms with Crippen LogP contribution in [0.2, 0.25) is 0 Å². The van der Waals surface area contributed by atoms with E-state index in [4.69, 9.17) is 5.41 Å². The summed E-state index contributed by atoms with van der Waals surface area (Å²) in [7, 11) is -5.58. The molecule has 0 radical (unpaired) electrons. The standard InChI is InChI=1S/C2F3N2O2S/c3-2(4,5)10(8,9)7-1-6/q-1. The first-order valence-corrected chi connectivity index (χ1v) is 3.17. The number of nitrogens with zero attached hydrogens (tertiary/aromatic N) is 2. The van der Waals surface area contributed by atoms with E-state index in [-0.39, 0.29) is 0 Å². The molecule has 0 unspecified atom stereocenters. The molecule has 0 N–H and O–H groups in total. The van der Waals surface area contributed by atoms with Crippen LogP contribution in [-0.2, 0) is 10.0 Å². The number of halogens is 3. The lowest BCUT2D eigenvalue weighted by Crippen LogP contribution is -2.20. The molecule has 0 fully saturated rings.